The molecular weight excluding hydrogens is 290 g/mol. The quantitative estimate of drug-likeness (QED) is 0.657. The summed E-state index contributed by atoms with van der Waals surface area (Å²) in [5.41, 5.74) is 0. The average Bonchev–Trinajstić information content (AvgIpc) is 2.80. The lowest BCUT2D eigenvalue weighted by molar-refractivity contribution is 0.176. The number of carbonyl (C=O) groups excluding carboxylic acids is 1. The summed E-state index contributed by atoms with van der Waals surface area (Å²) in [4.78, 5) is 14.6. The summed E-state index contributed by atoms with van der Waals surface area (Å²) in [6, 6.07) is 0.0802. The fourth-order valence-electron chi connectivity index (χ4n) is 3.99. The van der Waals surface area contributed by atoms with Crippen LogP contribution in [0.25, 0.3) is 0 Å². The molecule has 1 aliphatic carbocycles. The Morgan fingerprint density at radius 1 is 1.13 bits per heavy atom. The Labute approximate surface area is 141 Å². The van der Waals surface area contributed by atoms with Crippen LogP contribution in [0.15, 0.2) is 0 Å². The van der Waals surface area contributed by atoms with Gasteiger partial charge in [-0.15, -0.1) is 0 Å². The van der Waals surface area contributed by atoms with E-state index in [1.54, 1.807) is 0 Å². The molecule has 0 spiro atoms. The molecule has 0 aromatic carbocycles. The Balaban J connectivity index is 1.62. The summed E-state index contributed by atoms with van der Waals surface area (Å²) in [6.45, 7) is 6.72. The predicted molar refractivity (Wildman–Crippen MR) is 93.4 cm³/mol. The second kappa shape index (κ2) is 10.1. The average molecular weight is 325 g/mol. The van der Waals surface area contributed by atoms with Crippen LogP contribution in [0.4, 0.5) is 4.79 Å². The molecule has 5 heteroatoms. The Kier molecular flexibility index (Phi) is 8.17. The molecule has 23 heavy (non-hydrogen) atoms. The van der Waals surface area contributed by atoms with Crippen LogP contribution in [0.1, 0.15) is 58.3 Å². The molecule has 2 atom stereocenters. The van der Waals surface area contributed by atoms with Gasteiger partial charge in [0.25, 0.3) is 0 Å². The third kappa shape index (κ3) is 6.30. The Morgan fingerprint density at radius 2 is 1.87 bits per heavy atom. The van der Waals surface area contributed by atoms with E-state index in [0.29, 0.717) is 0 Å². The number of rotatable bonds is 6. The van der Waals surface area contributed by atoms with Gasteiger partial charge in [0.05, 0.1) is 0 Å². The van der Waals surface area contributed by atoms with Gasteiger partial charge in [-0.2, -0.15) is 0 Å². The standard InChI is InChI=1S/C18H35N3O2/c1-2-21-12-9-15(10-13-21)8-11-19-18(23)20-17-7-5-3-4-6-16(17)14-22/h15-17,22H,2-14H2,1H3,(H2,19,20,23). The molecule has 1 saturated heterocycles. The molecule has 0 aromatic heterocycles. The second-order valence-corrected chi connectivity index (χ2v) is 7.25. The fourth-order valence-corrected chi connectivity index (χ4v) is 3.99. The Bertz CT molecular complexity index is 343. The number of likely N-dealkylation sites (tertiary alicyclic amines) is 1. The first-order valence-electron chi connectivity index (χ1n) is 9.60. The van der Waals surface area contributed by atoms with Gasteiger partial charge in [-0.3, -0.25) is 0 Å². The van der Waals surface area contributed by atoms with Crippen molar-refractivity contribution in [2.45, 2.75) is 64.3 Å². The van der Waals surface area contributed by atoms with E-state index in [-0.39, 0.29) is 24.6 Å². The minimum atomic E-state index is -0.0543. The van der Waals surface area contributed by atoms with E-state index in [9.17, 15) is 9.90 Å². The molecule has 134 valence electrons. The predicted octanol–water partition coefficient (Wildman–Crippen LogP) is 2.35. The van der Waals surface area contributed by atoms with Crippen molar-refractivity contribution in [1.29, 1.82) is 0 Å². The van der Waals surface area contributed by atoms with Gasteiger partial charge in [0.15, 0.2) is 0 Å². The van der Waals surface area contributed by atoms with Crippen molar-refractivity contribution in [2.75, 3.05) is 32.8 Å². The molecule has 1 saturated carbocycles. The largest absolute Gasteiger partial charge is 0.396 e. The summed E-state index contributed by atoms with van der Waals surface area (Å²) in [6.07, 6.45) is 9.15. The Morgan fingerprint density at radius 3 is 2.57 bits per heavy atom. The van der Waals surface area contributed by atoms with E-state index < -0.39 is 0 Å². The van der Waals surface area contributed by atoms with Crippen LogP contribution in [0.3, 0.4) is 0 Å². The van der Waals surface area contributed by atoms with Crippen LogP contribution in [0, 0.1) is 11.8 Å². The maximum atomic E-state index is 12.1. The van der Waals surface area contributed by atoms with E-state index in [1.807, 2.05) is 0 Å². The number of aliphatic hydroxyl groups excluding tert-OH is 1. The first-order chi connectivity index (χ1) is 11.2. The molecule has 0 aromatic rings. The number of carbonyl (C=O) groups is 1. The van der Waals surface area contributed by atoms with Crippen molar-refractivity contribution in [3.8, 4) is 0 Å². The van der Waals surface area contributed by atoms with Gasteiger partial charge in [-0.1, -0.05) is 26.2 Å². The SMILES string of the molecule is CCN1CCC(CCNC(=O)NC2CCCCCC2CO)CC1. The van der Waals surface area contributed by atoms with Gasteiger partial charge in [-0.05, 0) is 57.7 Å². The molecule has 1 aliphatic heterocycles. The summed E-state index contributed by atoms with van der Waals surface area (Å²) in [5.74, 6) is 0.975. The molecule has 3 N–H and O–H groups in total. The van der Waals surface area contributed by atoms with Gasteiger partial charge in [0.1, 0.15) is 0 Å². The van der Waals surface area contributed by atoms with Crippen LogP contribution in [0.5, 0.6) is 0 Å². The fraction of sp³-hybridized carbons (Fsp3) is 0.944. The van der Waals surface area contributed by atoms with E-state index in [0.717, 1.165) is 44.7 Å². The van der Waals surface area contributed by atoms with Gasteiger partial charge >= 0.3 is 6.03 Å². The van der Waals surface area contributed by atoms with Crippen LogP contribution in [0.2, 0.25) is 0 Å². The molecule has 2 fully saturated rings. The van der Waals surface area contributed by atoms with Crippen LogP contribution >= 0.6 is 0 Å². The number of aliphatic hydroxyl groups is 1. The van der Waals surface area contributed by atoms with Crippen molar-refractivity contribution in [3.63, 3.8) is 0 Å². The molecule has 2 aliphatic rings. The number of amides is 2. The maximum Gasteiger partial charge on any atom is 0.315 e. The van der Waals surface area contributed by atoms with Crippen molar-refractivity contribution < 1.29 is 9.90 Å². The third-order valence-corrected chi connectivity index (χ3v) is 5.70. The van der Waals surface area contributed by atoms with Crippen molar-refractivity contribution >= 4 is 6.03 Å². The lowest BCUT2D eigenvalue weighted by Gasteiger charge is -2.31. The second-order valence-electron chi connectivity index (χ2n) is 7.25. The van der Waals surface area contributed by atoms with Crippen LogP contribution in [-0.4, -0.2) is 54.9 Å². The van der Waals surface area contributed by atoms with Gasteiger partial charge in [-0.25, -0.2) is 4.79 Å². The summed E-state index contributed by atoms with van der Waals surface area (Å²) in [5, 5.41) is 15.6. The topological polar surface area (TPSA) is 64.6 Å². The number of nitrogens with zero attached hydrogens (tertiary/aromatic N) is 1. The van der Waals surface area contributed by atoms with E-state index >= 15 is 0 Å². The minimum absolute atomic E-state index is 0.0543. The molecule has 2 rings (SSSR count). The molecule has 2 unspecified atom stereocenters. The monoisotopic (exact) mass is 325 g/mol. The molecule has 2 amide bonds. The van der Waals surface area contributed by atoms with E-state index in [1.165, 1.54) is 38.8 Å². The van der Waals surface area contributed by atoms with Crippen molar-refractivity contribution in [3.05, 3.63) is 0 Å². The van der Waals surface area contributed by atoms with Gasteiger partial charge in [0.2, 0.25) is 0 Å². The van der Waals surface area contributed by atoms with E-state index in [4.69, 9.17) is 0 Å². The zero-order valence-electron chi connectivity index (χ0n) is 14.7. The number of urea groups is 1. The summed E-state index contributed by atoms with van der Waals surface area (Å²) in [7, 11) is 0. The highest BCUT2D eigenvalue weighted by atomic mass is 16.3. The van der Waals surface area contributed by atoms with Crippen LogP contribution in [-0.2, 0) is 0 Å². The minimum Gasteiger partial charge on any atom is -0.396 e. The smallest absolute Gasteiger partial charge is 0.315 e. The highest BCUT2D eigenvalue weighted by molar-refractivity contribution is 5.74. The van der Waals surface area contributed by atoms with Gasteiger partial charge < -0.3 is 20.6 Å². The van der Waals surface area contributed by atoms with Gasteiger partial charge in [0, 0.05) is 25.1 Å². The first kappa shape index (κ1) is 18.5. The molecular formula is C18H35N3O2. The Hall–Kier alpha value is -0.810. The maximum absolute atomic E-state index is 12.1. The molecule has 0 radical (unpaired) electrons. The molecule has 1 heterocycles. The summed E-state index contributed by atoms with van der Waals surface area (Å²) < 4.78 is 0. The number of nitrogens with one attached hydrogen (secondary N) is 2. The zero-order chi connectivity index (χ0) is 16.5. The zero-order valence-corrected chi connectivity index (χ0v) is 14.7. The summed E-state index contributed by atoms with van der Waals surface area (Å²) >= 11 is 0. The third-order valence-electron chi connectivity index (χ3n) is 5.70. The van der Waals surface area contributed by atoms with Crippen molar-refractivity contribution in [1.82, 2.24) is 15.5 Å². The first-order valence-corrected chi connectivity index (χ1v) is 9.60. The van der Waals surface area contributed by atoms with Crippen molar-refractivity contribution in [2.24, 2.45) is 11.8 Å². The number of hydrogen-bond donors (Lipinski definition) is 3. The normalized spacial score (nSPS) is 27.4. The molecule has 0 bridgehead atoms. The van der Waals surface area contributed by atoms with E-state index in [2.05, 4.69) is 22.5 Å². The lowest BCUT2D eigenvalue weighted by Crippen LogP contribution is -2.46. The number of piperidine rings is 1. The lowest BCUT2D eigenvalue weighted by atomic mass is 9.93. The highest BCUT2D eigenvalue weighted by Crippen LogP contribution is 2.23. The molecule has 5 nitrogen and oxygen atoms in total. The number of hydrogen-bond acceptors (Lipinski definition) is 3. The highest BCUT2D eigenvalue weighted by Gasteiger charge is 2.24. The van der Waals surface area contributed by atoms with Crippen LogP contribution < -0.4 is 10.6 Å².